The molecule has 1 heterocycles. The number of carbonyl (C=O) groups is 2. The monoisotopic (exact) mass is 432 g/mol. The van der Waals surface area contributed by atoms with Crippen molar-refractivity contribution in [1.29, 1.82) is 0 Å². The number of fused-ring (bicyclic) bond motifs is 2. The lowest BCUT2D eigenvalue weighted by Gasteiger charge is -2.17. The van der Waals surface area contributed by atoms with Gasteiger partial charge >= 0.3 is 5.97 Å². The molecule has 1 aliphatic carbocycles. The van der Waals surface area contributed by atoms with Crippen LogP contribution in [0.3, 0.4) is 0 Å². The molecular formula is C24H20N2O6. The molecule has 0 fully saturated rings. The van der Waals surface area contributed by atoms with Crippen LogP contribution < -0.4 is 16.5 Å². The minimum Gasteiger partial charge on any atom is -0.508 e. The number of carboxylic acids is 1. The summed E-state index contributed by atoms with van der Waals surface area (Å²) < 4.78 is 5.81. The van der Waals surface area contributed by atoms with E-state index in [1.807, 2.05) is 0 Å². The first kappa shape index (κ1) is 21.1. The third-order valence-corrected chi connectivity index (χ3v) is 5.12. The molecule has 0 radical (unpaired) electrons. The predicted molar refractivity (Wildman–Crippen MR) is 119 cm³/mol. The first-order valence-electron chi connectivity index (χ1n) is 9.94. The molecule has 0 aromatic heterocycles. The van der Waals surface area contributed by atoms with Gasteiger partial charge in [-0.2, -0.15) is 0 Å². The van der Waals surface area contributed by atoms with Gasteiger partial charge in [0.15, 0.2) is 5.43 Å². The Labute approximate surface area is 182 Å². The number of phenols is 1. The normalized spacial score (nSPS) is 11.0. The van der Waals surface area contributed by atoms with Gasteiger partial charge in [0, 0.05) is 40.8 Å². The molecule has 0 atom stereocenters. The molecule has 0 bridgehead atoms. The summed E-state index contributed by atoms with van der Waals surface area (Å²) >= 11 is 0. The smallest absolute Gasteiger partial charge is 0.336 e. The minimum atomic E-state index is -1.21. The third kappa shape index (κ3) is 3.91. The molecule has 2 aliphatic rings. The molecule has 0 saturated heterocycles. The lowest BCUT2D eigenvalue weighted by Crippen LogP contribution is -2.26. The number of nitrogens with one attached hydrogen (secondary N) is 1. The van der Waals surface area contributed by atoms with Gasteiger partial charge in [0.25, 0.3) is 5.91 Å². The van der Waals surface area contributed by atoms with Gasteiger partial charge in [0.2, 0.25) is 0 Å². The van der Waals surface area contributed by atoms with Crippen molar-refractivity contribution < 1.29 is 24.2 Å². The summed E-state index contributed by atoms with van der Waals surface area (Å²) in [5.41, 5.74) is 6.99. The first-order valence-corrected chi connectivity index (χ1v) is 9.94. The van der Waals surface area contributed by atoms with Crippen LogP contribution in [0.4, 0.5) is 0 Å². The Morgan fingerprint density at radius 3 is 2.53 bits per heavy atom. The number of rotatable bonds is 6. The van der Waals surface area contributed by atoms with Crippen molar-refractivity contribution in [1.82, 2.24) is 5.32 Å². The van der Waals surface area contributed by atoms with Crippen molar-refractivity contribution in [3.63, 3.8) is 0 Å². The van der Waals surface area contributed by atoms with Gasteiger partial charge in [0.05, 0.1) is 5.56 Å². The maximum atomic E-state index is 12.4. The van der Waals surface area contributed by atoms with Crippen molar-refractivity contribution in [2.75, 3.05) is 13.1 Å². The lowest BCUT2D eigenvalue weighted by atomic mass is 9.90. The van der Waals surface area contributed by atoms with Gasteiger partial charge in [-0.3, -0.25) is 9.59 Å². The molecule has 8 heteroatoms. The Balaban J connectivity index is 1.96. The molecule has 0 saturated carbocycles. The number of aromatic hydroxyl groups is 1. The summed E-state index contributed by atoms with van der Waals surface area (Å²) in [4.78, 5) is 36.4. The van der Waals surface area contributed by atoms with E-state index in [4.69, 9.17) is 10.2 Å². The maximum absolute atomic E-state index is 12.4. The summed E-state index contributed by atoms with van der Waals surface area (Å²) in [6.07, 6.45) is 0.607. The summed E-state index contributed by atoms with van der Waals surface area (Å²) in [6, 6.07) is 13.2. The van der Waals surface area contributed by atoms with E-state index < -0.39 is 11.9 Å². The number of hydrogen-bond acceptors (Lipinski definition) is 6. The van der Waals surface area contributed by atoms with Crippen LogP contribution in [0, 0.1) is 0 Å². The molecule has 162 valence electrons. The fourth-order valence-electron chi connectivity index (χ4n) is 3.64. The average molecular weight is 432 g/mol. The van der Waals surface area contributed by atoms with E-state index >= 15 is 0 Å². The van der Waals surface area contributed by atoms with Gasteiger partial charge < -0.3 is 25.7 Å². The molecule has 5 N–H and O–H groups in total. The number of carboxylic acid groups (broad SMARTS) is 1. The number of nitrogens with two attached hydrogens (primary N) is 1. The highest BCUT2D eigenvalue weighted by atomic mass is 16.4. The van der Waals surface area contributed by atoms with Crippen LogP contribution in [0.2, 0.25) is 0 Å². The number of carbonyl (C=O) groups excluding carboxylic acids is 1. The Morgan fingerprint density at radius 1 is 1.00 bits per heavy atom. The molecule has 1 aliphatic heterocycles. The van der Waals surface area contributed by atoms with E-state index in [9.17, 15) is 24.6 Å². The number of amides is 1. The van der Waals surface area contributed by atoms with Crippen molar-refractivity contribution in [2.24, 2.45) is 5.73 Å². The van der Waals surface area contributed by atoms with Gasteiger partial charge in [-0.1, -0.05) is 6.07 Å². The summed E-state index contributed by atoms with van der Waals surface area (Å²) in [6.45, 7) is 0.815. The number of phenolic OH excluding ortho intramolecular Hbond substituents is 1. The van der Waals surface area contributed by atoms with E-state index in [2.05, 4.69) is 5.32 Å². The molecule has 8 nitrogen and oxygen atoms in total. The summed E-state index contributed by atoms with van der Waals surface area (Å²) in [5.74, 6) is -1.39. The zero-order valence-corrected chi connectivity index (χ0v) is 16.9. The quantitative estimate of drug-likeness (QED) is 0.271. The third-order valence-electron chi connectivity index (χ3n) is 5.12. The highest BCUT2D eigenvalue weighted by Gasteiger charge is 2.23. The van der Waals surface area contributed by atoms with Crippen molar-refractivity contribution in [3.8, 4) is 28.2 Å². The molecule has 4 rings (SSSR count). The molecule has 2 aromatic carbocycles. The standard InChI is InChI=1S/C24H20N2O6/c25-8-1-9-26-23(29)13-2-5-16(19(10-13)24(30)31)22-17-6-3-14(27)11-20(17)32-21-12-15(28)4-7-18(21)22/h2-7,10-12,27H,1,8-9,25H2,(H,26,29)(H,30,31). The van der Waals surface area contributed by atoms with Crippen LogP contribution in [-0.2, 0) is 0 Å². The van der Waals surface area contributed by atoms with Gasteiger partial charge in [-0.05, 0) is 54.9 Å². The van der Waals surface area contributed by atoms with Crippen molar-refractivity contribution >= 4 is 22.8 Å². The second-order valence-electron chi connectivity index (χ2n) is 7.28. The van der Waals surface area contributed by atoms with E-state index in [0.717, 1.165) is 0 Å². The van der Waals surface area contributed by atoms with Gasteiger partial charge in [0.1, 0.15) is 17.1 Å². The van der Waals surface area contributed by atoms with E-state index in [1.165, 1.54) is 30.3 Å². The fraction of sp³-hybridized carbons (Fsp3) is 0.125. The molecular weight excluding hydrogens is 412 g/mol. The van der Waals surface area contributed by atoms with E-state index in [0.29, 0.717) is 41.6 Å². The molecule has 0 unspecified atom stereocenters. The van der Waals surface area contributed by atoms with Crippen LogP contribution >= 0.6 is 0 Å². The highest BCUT2D eigenvalue weighted by Crippen LogP contribution is 2.42. The Kier molecular flexibility index (Phi) is 5.61. The number of benzene rings is 3. The van der Waals surface area contributed by atoms with Crippen LogP contribution in [-0.4, -0.2) is 35.2 Å². The number of hydrogen-bond donors (Lipinski definition) is 4. The maximum Gasteiger partial charge on any atom is 0.336 e. The Bertz CT molecular complexity index is 1370. The van der Waals surface area contributed by atoms with Crippen LogP contribution in [0.25, 0.3) is 33.4 Å². The topological polar surface area (TPSA) is 143 Å². The minimum absolute atomic E-state index is 0.0345. The predicted octanol–water partition coefficient (Wildman–Crippen LogP) is 3.05. The van der Waals surface area contributed by atoms with Gasteiger partial charge in [-0.25, -0.2) is 4.79 Å². The van der Waals surface area contributed by atoms with Crippen LogP contribution in [0.5, 0.6) is 5.75 Å². The van der Waals surface area contributed by atoms with E-state index in [-0.39, 0.29) is 33.6 Å². The summed E-state index contributed by atoms with van der Waals surface area (Å²) in [7, 11) is 0. The average Bonchev–Trinajstić information content (AvgIpc) is 2.77. The van der Waals surface area contributed by atoms with Crippen LogP contribution in [0.1, 0.15) is 27.1 Å². The summed E-state index contributed by atoms with van der Waals surface area (Å²) in [5, 5.41) is 23.1. The van der Waals surface area contributed by atoms with Crippen LogP contribution in [0.15, 0.2) is 63.8 Å². The molecule has 0 spiro atoms. The SMILES string of the molecule is NCCCNC(=O)c1ccc(-c2c3ccc(=O)cc-3oc3cc(O)ccc23)c(C(=O)O)c1. The molecule has 2 aromatic rings. The van der Waals surface area contributed by atoms with E-state index in [1.54, 1.807) is 24.3 Å². The lowest BCUT2D eigenvalue weighted by molar-refractivity contribution is 0.0697. The van der Waals surface area contributed by atoms with Crippen molar-refractivity contribution in [2.45, 2.75) is 6.42 Å². The molecule has 1 amide bonds. The zero-order chi connectivity index (χ0) is 22.8. The number of aromatic carboxylic acids is 1. The van der Waals surface area contributed by atoms with Crippen molar-refractivity contribution in [3.05, 3.63) is 75.9 Å². The molecule has 32 heavy (non-hydrogen) atoms. The highest BCUT2D eigenvalue weighted by molar-refractivity contribution is 6.09. The second kappa shape index (κ2) is 8.52. The largest absolute Gasteiger partial charge is 0.508 e. The first-order chi connectivity index (χ1) is 15.4. The Hall–Kier alpha value is -4.17. The fourth-order valence-corrected chi connectivity index (χ4v) is 3.64. The Morgan fingerprint density at radius 2 is 1.78 bits per heavy atom. The second-order valence-corrected chi connectivity index (χ2v) is 7.28. The zero-order valence-electron chi connectivity index (χ0n) is 16.9. The van der Waals surface area contributed by atoms with Gasteiger partial charge in [-0.15, -0.1) is 0 Å².